The minimum atomic E-state index is -2.74. The number of benzene rings is 2. The van der Waals surface area contributed by atoms with E-state index < -0.39 is 60.1 Å². The van der Waals surface area contributed by atoms with Gasteiger partial charge in [0.2, 0.25) is 0 Å². The van der Waals surface area contributed by atoms with E-state index in [1.807, 2.05) is 0 Å². The van der Waals surface area contributed by atoms with Crippen molar-refractivity contribution in [2.45, 2.75) is 13.3 Å². The van der Waals surface area contributed by atoms with Gasteiger partial charge in [-0.1, -0.05) is 11.6 Å². The molecule has 0 saturated heterocycles. The van der Waals surface area contributed by atoms with Crippen LogP contribution in [0.4, 0.5) is 0 Å². The first-order valence-electron chi connectivity index (χ1n) is 10.6. The van der Waals surface area contributed by atoms with E-state index in [-0.39, 0.29) is 27.9 Å². The van der Waals surface area contributed by atoms with E-state index in [9.17, 15) is 14.7 Å². The fourth-order valence-electron chi connectivity index (χ4n) is 2.68. The SMILES string of the molecule is [2H]c1c([2H])c(C(=O)n2c(C)c(CC(=O)O)c3cc(OC([2H])([2H])[2H])ccc32)c([2H])c([2H])c1Cl. The molecular formula is C19H16ClNO4. The maximum atomic E-state index is 13.4. The number of nitrogens with zero attached hydrogens (tertiary/aromatic N) is 1. The number of halogens is 1. The zero-order valence-corrected chi connectivity index (χ0v) is 13.7. The summed E-state index contributed by atoms with van der Waals surface area (Å²) in [5.41, 5.74) is 0.0499. The number of aromatic nitrogens is 1. The van der Waals surface area contributed by atoms with Gasteiger partial charge < -0.3 is 9.84 Å². The summed E-state index contributed by atoms with van der Waals surface area (Å²) >= 11 is 5.81. The third kappa shape index (κ3) is 3.10. The van der Waals surface area contributed by atoms with Crippen LogP contribution in [0, 0.1) is 6.92 Å². The lowest BCUT2D eigenvalue weighted by Gasteiger charge is -2.08. The molecule has 3 rings (SSSR count). The van der Waals surface area contributed by atoms with Crippen LogP contribution >= 0.6 is 11.6 Å². The Morgan fingerprint density at radius 3 is 2.68 bits per heavy atom. The van der Waals surface area contributed by atoms with E-state index in [0.29, 0.717) is 0 Å². The van der Waals surface area contributed by atoms with Crippen molar-refractivity contribution in [1.82, 2.24) is 4.57 Å². The van der Waals surface area contributed by atoms with Gasteiger partial charge in [-0.2, -0.15) is 0 Å². The van der Waals surface area contributed by atoms with Crippen LogP contribution in [0.3, 0.4) is 0 Å². The highest BCUT2D eigenvalue weighted by Crippen LogP contribution is 2.30. The molecule has 2 aromatic carbocycles. The van der Waals surface area contributed by atoms with E-state index >= 15 is 0 Å². The Hall–Kier alpha value is -2.79. The number of rotatable bonds is 4. The number of fused-ring (bicyclic) bond motifs is 1. The van der Waals surface area contributed by atoms with Crippen molar-refractivity contribution < 1.29 is 29.0 Å². The lowest BCUT2D eigenvalue weighted by molar-refractivity contribution is -0.136. The lowest BCUT2D eigenvalue weighted by Crippen LogP contribution is -2.14. The van der Waals surface area contributed by atoms with Crippen LogP contribution in [-0.4, -0.2) is 28.6 Å². The van der Waals surface area contributed by atoms with Crippen molar-refractivity contribution in [1.29, 1.82) is 0 Å². The molecule has 0 aliphatic rings. The Bertz CT molecular complexity index is 1250. The second-order valence-corrected chi connectivity index (χ2v) is 5.62. The zero-order valence-electron chi connectivity index (χ0n) is 19.9. The number of carbonyl (C=O) groups excluding carboxylic acids is 1. The van der Waals surface area contributed by atoms with E-state index in [1.54, 1.807) is 0 Å². The van der Waals surface area contributed by atoms with Gasteiger partial charge >= 0.3 is 5.97 Å². The second-order valence-electron chi connectivity index (χ2n) is 5.25. The predicted octanol–water partition coefficient (Wildman–Crippen LogP) is 3.93. The molecule has 0 amide bonds. The van der Waals surface area contributed by atoms with Crippen molar-refractivity contribution in [2.24, 2.45) is 0 Å². The number of carboxylic acids is 1. The number of hydrogen-bond acceptors (Lipinski definition) is 3. The number of ether oxygens (including phenoxy) is 1. The van der Waals surface area contributed by atoms with Crippen molar-refractivity contribution in [3.05, 3.63) is 64.2 Å². The third-order valence-electron chi connectivity index (χ3n) is 3.76. The monoisotopic (exact) mass is 364 g/mol. The first kappa shape index (κ1) is 10.3. The highest BCUT2D eigenvalue weighted by molar-refractivity contribution is 6.30. The van der Waals surface area contributed by atoms with Crippen LogP contribution in [-0.2, 0) is 11.2 Å². The summed E-state index contributed by atoms with van der Waals surface area (Å²) in [5, 5.41) is 9.14. The molecule has 0 aliphatic carbocycles. The van der Waals surface area contributed by atoms with E-state index in [2.05, 4.69) is 0 Å². The van der Waals surface area contributed by atoms with Gasteiger partial charge in [-0.15, -0.1) is 0 Å². The summed E-state index contributed by atoms with van der Waals surface area (Å²) in [6.45, 7) is 1.47. The largest absolute Gasteiger partial charge is 0.497 e. The molecule has 0 atom stereocenters. The number of methoxy groups -OCH3 is 1. The van der Waals surface area contributed by atoms with E-state index in [4.69, 9.17) is 25.9 Å². The van der Waals surface area contributed by atoms with Gasteiger partial charge in [-0.3, -0.25) is 14.2 Å². The number of hydrogen-bond donors (Lipinski definition) is 1. The van der Waals surface area contributed by atoms with Crippen LogP contribution in [0.15, 0.2) is 42.4 Å². The molecule has 1 aromatic heterocycles. The first-order chi connectivity index (χ1) is 14.7. The van der Waals surface area contributed by atoms with Gasteiger partial charge in [0, 0.05) is 21.7 Å². The quantitative estimate of drug-likeness (QED) is 0.761. The summed E-state index contributed by atoms with van der Waals surface area (Å²) in [6.07, 6.45) is -0.491. The molecule has 25 heavy (non-hydrogen) atoms. The molecule has 1 N–H and O–H groups in total. The molecule has 0 saturated carbocycles. The first-order valence-corrected chi connectivity index (χ1v) is 7.47. The molecule has 0 bridgehead atoms. The zero-order chi connectivity index (χ0) is 24.1. The van der Waals surface area contributed by atoms with Crippen molar-refractivity contribution in [3.63, 3.8) is 0 Å². The summed E-state index contributed by atoms with van der Waals surface area (Å²) in [5.74, 6) is -2.18. The minimum absolute atomic E-state index is 0.0653. The average Bonchev–Trinajstić information content (AvgIpc) is 2.94. The average molecular weight is 365 g/mol. The topological polar surface area (TPSA) is 68.5 Å². The summed E-state index contributed by atoms with van der Waals surface area (Å²) in [6, 6.07) is 1.52. The Labute approximate surface area is 159 Å². The molecule has 0 unspecified atom stereocenters. The fraction of sp³-hybridized carbons (Fsp3) is 0.158. The van der Waals surface area contributed by atoms with Crippen LogP contribution < -0.4 is 4.74 Å². The van der Waals surface area contributed by atoms with Crippen molar-refractivity contribution in [3.8, 4) is 5.75 Å². The molecule has 0 aliphatic heterocycles. The third-order valence-corrected chi connectivity index (χ3v) is 3.95. The van der Waals surface area contributed by atoms with Crippen LogP contribution in [0.25, 0.3) is 10.9 Å². The normalized spacial score (nSPS) is 15.4. The maximum Gasteiger partial charge on any atom is 0.307 e. The molecule has 0 radical (unpaired) electrons. The maximum absolute atomic E-state index is 13.4. The molecule has 128 valence electrons. The fourth-order valence-corrected chi connectivity index (χ4v) is 2.77. The van der Waals surface area contributed by atoms with Crippen molar-refractivity contribution >= 4 is 34.4 Å². The van der Waals surface area contributed by atoms with Gasteiger partial charge in [-0.05, 0) is 54.9 Å². The smallest absolute Gasteiger partial charge is 0.307 e. The van der Waals surface area contributed by atoms with Gasteiger partial charge in [-0.25, -0.2) is 0 Å². The molecule has 0 spiro atoms. The van der Waals surface area contributed by atoms with Crippen LogP contribution in [0.1, 0.15) is 31.2 Å². The molecule has 6 heteroatoms. The van der Waals surface area contributed by atoms with Gasteiger partial charge in [0.1, 0.15) is 5.75 Å². The summed E-state index contributed by atoms with van der Waals surface area (Å²) in [4.78, 5) is 24.8. The second kappa shape index (κ2) is 6.61. The Kier molecular flexibility index (Phi) is 2.71. The van der Waals surface area contributed by atoms with E-state index in [1.165, 1.54) is 25.1 Å². The number of carboxylic acid groups (broad SMARTS) is 1. The molecule has 3 aromatic rings. The van der Waals surface area contributed by atoms with Gasteiger partial charge in [0.15, 0.2) is 0 Å². The van der Waals surface area contributed by atoms with Gasteiger partial charge in [0.05, 0.1) is 28.6 Å². The lowest BCUT2D eigenvalue weighted by atomic mass is 10.1. The number of aliphatic carboxylic acids is 1. The van der Waals surface area contributed by atoms with Gasteiger partial charge in [0.25, 0.3) is 5.91 Å². The molecule has 5 nitrogen and oxygen atoms in total. The summed E-state index contributed by atoms with van der Waals surface area (Å²) in [7, 11) is -2.74. The summed E-state index contributed by atoms with van der Waals surface area (Å²) < 4.78 is 59.6. The number of carbonyl (C=O) groups is 2. The van der Waals surface area contributed by atoms with Crippen LogP contribution in [0.5, 0.6) is 5.75 Å². The highest BCUT2D eigenvalue weighted by Gasteiger charge is 2.21. The van der Waals surface area contributed by atoms with E-state index in [0.717, 1.165) is 4.57 Å². The Morgan fingerprint density at radius 1 is 1.32 bits per heavy atom. The predicted molar refractivity (Wildman–Crippen MR) is 95.7 cm³/mol. The van der Waals surface area contributed by atoms with Crippen molar-refractivity contribution in [2.75, 3.05) is 7.04 Å². The Morgan fingerprint density at radius 2 is 2.04 bits per heavy atom. The Balaban J connectivity index is 2.31. The minimum Gasteiger partial charge on any atom is -0.497 e. The molecule has 1 heterocycles. The molecular weight excluding hydrogens is 342 g/mol. The highest BCUT2D eigenvalue weighted by atomic mass is 35.5. The molecule has 0 fully saturated rings. The van der Waals surface area contributed by atoms with Crippen LogP contribution in [0.2, 0.25) is 5.02 Å². The standard InChI is InChI=1S/C19H16ClNO4/c1-11-15(10-18(22)23)16-9-14(25-2)7-8-17(16)21(11)19(24)12-3-5-13(20)6-4-12/h3-9H,10H2,1-2H3,(H,22,23)/i2D3,3D,4D,5D,6D.